The normalized spacial score (nSPS) is 16.5. The smallest absolute Gasteiger partial charge is 0.254 e. The Hall–Kier alpha value is -3.71. The van der Waals surface area contributed by atoms with E-state index in [9.17, 15) is 9.59 Å². The van der Waals surface area contributed by atoms with Crippen LogP contribution in [-0.2, 0) is 14.9 Å². The average molecular weight is 472 g/mol. The van der Waals surface area contributed by atoms with Crippen LogP contribution in [-0.4, -0.2) is 55.1 Å². The number of methoxy groups -OCH3 is 1. The number of nitrogens with zero attached hydrogens (tertiary/aromatic N) is 2. The van der Waals surface area contributed by atoms with Gasteiger partial charge in [0.05, 0.1) is 31.4 Å². The van der Waals surface area contributed by atoms with Crippen molar-refractivity contribution in [2.75, 3.05) is 38.7 Å². The van der Waals surface area contributed by atoms with Gasteiger partial charge in [-0.2, -0.15) is 0 Å². The monoisotopic (exact) mass is 471 g/mol. The summed E-state index contributed by atoms with van der Waals surface area (Å²) in [4.78, 5) is 32.5. The molecule has 1 N–H and O–H groups in total. The number of hydrogen-bond donors (Lipinski definition) is 1. The third-order valence-corrected chi connectivity index (χ3v) is 6.87. The summed E-state index contributed by atoms with van der Waals surface area (Å²) in [6.07, 6.45) is 1.62. The van der Waals surface area contributed by atoms with Gasteiger partial charge in [-0.1, -0.05) is 30.3 Å². The van der Waals surface area contributed by atoms with Crippen LogP contribution >= 0.6 is 0 Å². The maximum absolute atomic E-state index is 13.2. The number of ether oxygens (including phenoxy) is 2. The summed E-state index contributed by atoms with van der Waals surface area (Å²) in [7, 11) is 1.63. The van der Waals surface area contributed by atoms with Crippen LogP contribution in [0.1, 0.15) is 34.3 Å². The minimum Gasteiger partial charge on any atom is -0.497 e. The molecule has 0 radical (unpaired) electrons. The van der Waals surface area contributed by atoms with Crippen LogP contribution in [0.2, 0.25) is 0 Å². The van der Waals surface area contributed by atoms with Crippen molar-refractivity contribution in [3.8, 4) is 17.0 Å². The first-order chi connectivity index (χ1) is 17.0. The third-order valence-electron chi connectivity index (χ3n) is 6.87. The second kappa shape index (κ2) is 9.50. The largest absolute Gasteiger partial charge is 0.497 e. The number of hydrogen-bond acceptors (Lipinski definition) is 5. The van der Waals surface area contributed by atoms with Crippen molar-refractivity contribution >= 4 is 17.6 Å². The predicted molar refractivity (Wildman–Crippen MR) is 134 cm³/mol. The zero-order chi connectivity index (χ0) is 24.4. The van der Waals surface area contributed by atoms with Crippen LogP contribution < -0.4 is 10.1 Å². The van der Waals surface area contributed by atoms with Gasteiger partial charge in [-0.3, -0.25) is 9.59 Å². The molecule has 2 aliphatic rings. The Bertz CT molecular complexity index is 1230. The van der Waals surface area contributed by atoms with Gasteiger partial charge in [-0.15, -0.1) is 0 Å². The highest BCUT2D eigenvalue weighted by atomic mass is 16.5. The Morgan fingerprint density at radius 2 is 1.66 bits per heavy atom. The molecule has 2 heterocycles. The number of benzene rings is 2. The molecular formula is C28H29N3O4. The molecule has 1 aliphatic heterocycles. The van der Waals surface area contributed by atoms with E-state index in [1.54, 1.807) is 7.11 Å². The van der Waals surface area contributed by atoms with Crippen LogP contribution in [0.25, 0.3) is 11.3 Å². The van der Waals surface area contributed by atoms with E-state index in [0.717, 1.165) is 41.0 Å². The first kappa shape index (κ1) is 23.1. The second-order valence-corrected chi connectivity index (χ2v) is 9.11. The summed E-state index contributed by atoms with van der Waals surface area (Å²) < 4.78 is 10.6. The number of rotatable bonds is 6. The summed E-state index contributed by atoms with van der Waals surface area (Å²) in [6.45, 7) is 4.36. The lowest BCUT2D eigenvalue weighted by atomic mass is 9.95. The van der Waals surface area contributed by atoms with Crippen molar-refractivity contribution in [2.24, 2.45) is 0 Å². The number of morpholine rings is 1. The van der Waals surface area contributed by atoms with E-state index < -0.39 is 5.41 Å². The fraction of sp³-hybridized carbons (Fsp3) is 0.321. The number of aromatic nitrogens is 1. The minimum absolute atomic E-state index is 0.0128. The maximum Gasteiger partial charge on any atom is 0.254 e. The molecule has 0 bridgehead atoms. The van der Waals surface area contributed by atoms with E-state index in [4.69, 9.17) is 14.5 Å². The predicted octanol–water partition coefficient (Wildman–Crippen LogP) is 4.21. The molecule has 1 aliphatic carbocycles. The molecule has 7 nitrogen and oxygen atoms in total. The average Bonchev–Trinajstić information content (AvgIpc) is 3.72. The van der Waals surface area contributed by atoms with E-state index in [1.807, 2.05) is 72.5 Å². The van der Waals surface area contributed by atoms with E-state index in [-0.39, 0.29) is 11.8 Å². The Kier molecular flexibility index (Phi) is 6.26. The zero-order valence-corrected chi connectivity index (χ0v) is 20.0. The lowest BCUT2D eigenvalue weighted by Gasteiger charge is -2.26. The summed E-state index contributed by atoms with van der Waals surface area (Å²) in [5, 5.41) is 3.03. The molecule has 2 amide bonds. The number of carbonyl (C=O) groups excluding carboxylic acids is 2. The molecule has 1 aromatic heterocycles. The summed E-state index contributed by atoms with van der Waals surface area (Å²) in [5.41, 5.74) is 3.79. The van der Waals surface area contributed by atoms with Gasteiger partial charge < -0.3 is 19.7 Å². The van der Waals surface area contributed by atoms with Crippen molar-refractivity contribution in [1.29, 1.82) is 0 Å². The molecular weight excluding hydrogens is 442 g/mol. The van der Waals surface area contributed by atoms with Crippen molar-refractivity contribution in [3.63, 3.8) is 0 Å². The Labute approximate surface area is 205 Å². The van der Waals surface area contributed by atoms with Crippen LogP contribution in [0.5, 0.6) is 5.75 Å². The molecule has 2 fully saturated rings. The summed E-state index contributed by atoms with van der Waals surface area (Å²) in [6, 6.07) is 19.0. The lowest BCUT2D eigenvalue weighted by molar-refractivity contribution is -0.118. The van der Waals surface area contributed by atoms with Crippen LogP contribution in [0.4, 0.5) is 5.82 Å². The van der Waals surface area contributed by atoms with Crippen molar-refractivity contribution in [2.45, 2.75) is 25.2 Å². The highest BCUT2D eigenvalue weighted by molar-refractivity contribution is 6.01. The molecule has 7 heteroatoms. The molecule has 0 unspecified atom stereocenters. The number of carbonyl (C=O) groups is 2. The van der Waals surface area contributed by atoms with E-state index in [0.29, 0.717) is 37.7 Å². The van der Waals surface area contributed by atoms with Crippen LogP contribution in [0.3, 0.4) is 0 Å². The second-order valence-electron chi connectivity index (χ2n) is 9.11. The molecule has 1 saturated heterocycles. The molecule has 5 rings (SSSR count). The number of nitrogens with one attached hydrogen (secondary N) is 1. The Balaban J connectivity index is 1.32. The van der Waals surface area contributed by atoms with Crippen molar-refractivity contribution in [1.82, 2.24) is 9.88 Å². The maximum atomic E-state index is 13.2. The summed E-state index contributed by atoms with van der Waals surface area (Å²) >= 11 is 0. The minimum atomic E-state index is -0.513. The number of aryl methyl sites for hydroxylation is 1. The Morgan fingerprint density at radius 1 is 0.971 bits per heavy atom. The standard InChI is InChI=1S/C28H29N3O4/c1-19-3-12-24(30-27(33)28(13-14-28)22-8-10-23(34-2)11-9-22)29-25(19)20-4-6-21(7-5-20)26(32)31-15-17-35-18-16-31/h3-12H,13-18H2,1-2H3,(H,29,30,33). The van der Waals surface area contributed by atoms with Gasteiger partial charge in [0.25, 0.3) is 5.91 Å². The van der Waals surface area contributed by atoms with Crippen LogP contribution in [0, 0.1) is 6.92 Å². The molecule has 1 saturated carbocycles. The summed E-state index contributed by atoms with van der Waals surface area (Å²) in [5.74, 6) is 1.26. The first-order valence-corrected chi connectivity index (χ1v) is 11.9. The van der Waals surface area contributed by atoms with Gasteiger partial charge in [-0.25, -0.2) is 4.98 Å². The fourth-order valence-corrected chi connectivity index (χ4v) is 4.53. The highest BCUT2D eigenvalue weighted by Gasteiger charge is 2.51. The molecule has 180 valence electrons. The van der Waals surface area contributed by atoms with Gasteiger partial charge in [0.2, 0.25) is 5.91 Å². The number of amides is 2. The van der Waals surface area contributed by atoms with E-state index in [2.05, 4.69) is 5.32 Å². The van der Waals surface area contributed by atoms with E-state index in [1.165, 1.54) is 0 Å². The number of anilines is 1. The quantitative estimate of drug-likeness (QED) is 0.583. The van der Waals surface area contributed by atoms with Crippen LogP contribution in [0.15, 0.2) is 60.7 Å². The van der Waals surface area contributed by atoms with Gasteiger partial charge in [-0.05, 0) is 61.2 Å². The molecule has 0 spiro atoms. The zero-order valence-electron chi connectivity index (χ0n) is 20.0. The van der Waals surface area contributed by atoms with Gasteiger partial charge >= 0.3 is 0 Å². The lowest BCUT2D eigenvalue weighted by Crippen LogP contribution is -2.40. The van der Waals surface area contributed by atoms with Crippen molar-refractivity contribution < 1.29 is 19.1 Å². The molecule has 3 aromatic rings. The molecule has 35 heavy (non-hydrogen) atoms. The first-order valence-electron chi connectivity index (χ1n) is 11.9. The van der Waals surface area contributed by atoms with Gasteiger partial charge in [0, 0.05) is 24.2 Å². The van der Waals surface area contributed by atoms with Gasteiger partial charge in [0.15, 0.2) is 0 Å². The van der Waals surface area contributed by atoms with E-state index >= 15 is 0 Å². The third kappa shape index (κ3) is 4.64. The topological polar surface area (TPSA) is 80.8 Å². The SMILES string of the molecule is COc1ccc(C2(C(=O)Nc3ccc(C)c(-c4ccc(C(=O)N5CCOCC5)cc4)n3)CC2)cc1. The molecule has 2 aromatic carbocycles. The van der Waals surface area contributed by atoms with Gasteiger partial charge in [0.1, 0.15) is 11.6 Å². The fourth-order valence-electron chi connectivity index (χ4n) is 4.53. The molecule has 0 atom stereocenters. The highest BCUT2D eigenvalue weighted by Crippen LogP contribution is 2.49. The van der Waals surface area contributed by atoms with Crippen molar-refractivity contribution in [3.05, 3.63) is 77.4 Å². The Morgan fingerprint density at radius 3 is 2.29 bits per heavy atom. The number of pyridine rings is 1.